The van der Waals surface area contributed by atoms with Crippen LogP contribution in [0.3, 0.4) is 0 Å². The van der Waals surface area contributed by atoms with Crippen molar-refractivity contribution in [2.75, 3.05) is 12.3 Å². The van der Waals surface area contributed by atoms with Gasteiger partial charge in [-0.05, 0) is 43.5 Å². The van der Waals surface area contributed by atoms with E-state index < -0.39 is 6.04 Å². The lowest BCUT2D eigenvalue weighted by atomic mass is 10.1. The average molecular weight is 465 g/mol. The minimum atomic E-state index is -0.610. The molecule has 0 aliphatic heterocycles. The summed E-state index contributed by atoms with van der Waals surface area (Å²) in [6, 6.07) is 11.8. The minimum Gasteiger partial charge on any atom is -0.354 e. The highest BCUT2D eigenvalue weighted by Crippen LogP contribution is 2.24. The fourth-order valence-corrected chi connectivity index (χ4v) is 4.33. The van der Waals surface area contributed by atoms with Gasteiger partial charge in [0.1, 0.15) is 11.9 Å². The molecule has 0 saturated heterocycles. The standard InChI is InChI=1S/C24H30ClFN2O2S/c1-4-5-13-27-24(30)18(3)28(14-19-10-7-6-9-17(19)2)23(29)16-31-15-20-21(25)11-8-12-22(20)26/h6-12,18H,4-5,13-16H2,1-3H3,(H,27,30)/t18-/m1/s1. The molecule has 4 nitrogen and oxygen atoms in total. The molecular formula is C24H30ClFN2O2S. The Balaban J connectivity index is 2.09. The van der Waals surface area contributed by atoms with Crippen molar-refractivity contribution in [2.45, 2.75) is 52.0 Å². The third-order valence-corrected chi connectivity index (χ3v) is 6.43. The van der Waals surface area contributed by atoms with Gasteiger partial charge < -0.3 is 10.2 Å². The Morgan fingerprint density at radius 2 is 1.94 bits per heavy atom. The predicted octanol–water partition coefficient (Wildman–Crippen LogP) is 5.35. The summed E-state index contributed by atoms with van der Waals surface area (Å²) in [7, 11) is 0. The zero-order valence-electron chi connectivity index (χ0n) is 18.3. The average Bonchev–Trinajstić information content (AvgIpc) is 2.74. The number of hydrogen-bond donors (Lipinski definition) is 1. The third kappa shape index (κ3) is 7.54. The zero-order chi connectivity index (χ0) is 22.8. The van der Waals surface area contributed by atoms with Crippen molar-refractivity contribution in [1.82, 2.24) is 10.2 Å². The molecule has 0 aliphatic rings. The van der Waals surface area contributed by atoms with Gasteiger partial charge in [0.05, 0.1) is 5.75 Å². The van der Waals surface area contributed by atoms with Gasteiger partial charge >= 0.3 is 0 Å². The number of rotatable bonds is 11. The largest absolute Gasteiger partial charge is 0.354 e. The maximum absolute atomic E-state index is 14.0. The monoisotopic (exact) mass is 464 g/mol. The van der Waals surface area contributed by atoms with E-state index in [0.717, 1.165) is 24.0 Å². The molecule has 0 aromatic heterocycles. The molecule has 2 rings (SSSR count). The molecule has 0 spiro atoms. The van der Waals surface area contributed by atoms with Gasteiger partial charge in [-0.1, -0.05) is 55.3 Å². The molecule has 1 N–H and O–H groups in total. The number of carbonyl (C=O) groups is 2. The second kappa shape index (κ2) is 12.7. The van der Waals surface area contributed by atoms with Gasteiger partial charge in [-0.3, -0.25) is 9.59 Å². The Labute approximate surface area is 193 Å². The zero-order valence-corrected chi connectivity index (χ0v) is 19.9. The number of hydrogen-bond acceptors (Lipinski definition) is 3. The highest BCUT2D eigenvalue weighted by atomic mass is 35.5. The van der Waals surface area contributed by atoms with Gasteiger partial charge in [0.25, 0.3) is 0 Å². The van der Waals surface area contributed by atoms with Gasteiger partial charge in [-0.2, -0.15) is 0 Å². The molecule has 0 radical (unpaired) electrons. The molecule has 0 unspecified atom stereocenters. The lowest BCUT2D eigenvalue weighted by molar-refractivity contribution is -0.138. The van der Waals surface area contributed by atoms with Crippen molar-refractivity contribution in [3.63, 3.8) is 0 Å². The number of benzene rings is 2. The summed E-state index contributed by atoms with van der Waals surface area (Å²) >= 11 is 7.37. The lowest BCUT2D eigenvalue weighted by Crippen LogP contribution is -2.48. The summed E-state index contributed by atoms with van der Waals surface area (Å²) in [6.07, 6.45) is 1.87. The van der Waals surface area contributed by atoms with Crippen molar-refractivity contribution in [2.24, 2.45) is 0 Å². The smallest absolute Gasteiger partial charge is 0.242 e. The lowest BCUT2D eigenvalue weighted by Gasteiger charge is -2.29. The van der Waals surface area contributed by atoms with E-state index >= 15 is 0 Å². The van der Waals surface area contributed by atoms with Gasteiger partial charge in [0.15, 0.2) is 0 Å². The van der Waals surface area contributed by atoms with Crippen LogP contribution >= 0.6 is 23.4 Å². The van der Waals surface area contributed by atoms with Crippen LogP contribution in [-0.2, 0) is 21.9 Å². The van der Waals surface area contributed by atoms with E-state index in [-0.39, 0.29) is 29.1 Å². The number of aryl methyl sites for hydroxylation is 1. The molecule has 1 atom stereocenters. The second-order valence-electron chi connectivity index (χ2n) is 7.46. The second-order valence-corrected chi connectivity index (χ2v) is 8.85. The normalized spacial score (nSPS) is 11.8. The van der Waals surface area contributed by atoms with E-state index in [2.05, 4.69) is 12.2 Å². The first-order valence-electron chi connectivity index (χ1n) is 10.5. The van der Waals surface area contributed by atoms with E-state index in [1.165, 1.54) is 17.8 Å². The molecule has 0 fully saturated rings. The number of halogens is 2. The number of thioether (sulfide) groups is 1. The summed E-state index contributed by atoms with van der Waals surface area (Å²) in [5.74, 6) is -0.306. The van der Waals surface area contributed by atoms with Gasteiger partial charge in [-0.15, -0.1) is 11.8 Å². The molecule has 0 aliphatic carbocycles. The third-order valence-electron chi connectivity index (χ3n) is 5.13. The fourth-order valence-electron chi connectivity index (χ4n) is 3.08. The SMILES string of the molecule is CCCCNC(=O)[C@@H](C)N(Cc1ccccc1C)C(=O)CSCc1c(F)cccc1Cl. The summed E-state index contributed by atoms with van der Waals surface area (Å²) in [4.78, 5) is 27.3. The molecule has 31 heavy (non-hydrogen) atoms. The van der Waals surface area contributed by atoms with Crippen LogP contribution in [0, 0.1) is 12.7 Å². The molecule has 0 bridgehead atoms. The Morgan fingerprint density at radius 3 is 2.61 bits per heavy atom. The van der Waals surface area contributed by atoms with Crippen molar-refractivity contribution < 1.29 is 14.0 Å². The summed E-state index contributed by atoms with van der Waals surface area (Å²) in [6.45, 7) is 6.72. The minimum absolute atomic E-state index is 0.128. The predicted molar refractivity (Wildman–Crippen MR) is 127 cm³/mol. The molecule has 2 amide bonds. The van der Waals surface area contributed by atoms with Crippen molar-refractivity contribution in [1.29, 1.82) is 0 Å². The van der Waals surface area contributed by atoms with Crippen LogP contribution in [0.15, 0.2) is 42.5 Å². The van der Waals surface area contributed by atoms with Crippen LogP contribution < -0.4 is 5.32 Å². The number of carbonyl (C=O) groups excluding carboxylic acids is 2. The quantitative estimate of drug-likeness (QED) is 0.456. The molecule has 0 heterocycles. The van der Waals surface area contributed by atoms with Gasteiger partial charge in [0.2, 0.25) is 11.8 Å². The van der Waals surface area contributed by atoms with E-state index in [0.29, 0.717) is 23.7 Å². The molecule has 0 saturated carbocycles. The first-order valence-corrected chi connectivity index (χ1v) is 12.0. The first kappa shape index (κ1) is 25.2. The maximum atomic E-state index is 14.0. The van der Waals surface area contributed by atoms with Crippen molar-refractivity contribution in [3.05, 3.63) is 70.0 Å². The Morgan fingerprint density at radius 1 is 1.19 bits per heavy atom. The fraction of sp³-hybridized carbons (Fsp3) is 0.417. The van der Waals surface area contributed by atoms with Crippen LogP contribution in [0.25, 0.3) is 0 Å². The Bertz CT molecular complexity index is 873. The van der Waals surface area contributed by atoms with E-state index in [1.807, 2.05) is 31.2 Å². The van der Waals surface area contributed by atoms with Crippen LogP contribution in [0.5, 0.6) is 0 Å². The van der Waals surface area contributed by atoms with Crippen LogP contribution in [-0.4, -0.2) is 35.1 Å². The Hall–Kier alpha value is -2.05. The number of amides is 2. The van der Waals surface area contributed by atoms with E-state index in [1.54, 1.807) is 24.0 Å². The molecule has 168 valence electrons. The highest BCUT2D eigenvalue weighted by Gasteiger charge is 2.26. The molecule has 7 heteroatoms. The first-order chi connectivity index (χ1) is 14.8. The number of nitrogens with zero attached hydrogens (tertiary/aromatic N) is 1. The molecular weight excluding hydrogens is 435 g/mol. The van der Waals surface area contributed by atoms with E-state index in [4.69, 9.17) is 11.6 Å². The number of nitrogens with one attached hydrogen (secondary N) is 1. The van der Waals surface area contributed by atoms with Crippen LogP contribution in [0.1, 0.15) is 43.4 Å². The van der Waals surface area contributed by atoms with Crippen LogP contribution in [0.4, 0.5) is 4.39 Å². The van der Waals surface area contributed by atoms with Crippen LogP contribution in [0.2, 0.25) is 5.02 Å². The highest BCUT2D eigenvalue weighted by molar-refractivity contribution is 7.99. The topological polar surface area (TPSA) is 49.4 Å². The van der Waals surface area contributed by atoms with Gasteiger partial charge in [0, 0.05) is 29.4 Å². The Kier molecular flexibility index (Phi) is 10.3. The van der Waals surface area contributed by atoms with Gasteiger partial charge in [-0.25, -0.2) is 4.39 Å². The molecule has 2 aromatic rings. The molecule has 2 aromatic carbocycles. The number of unbranched alkanes of at least 4 members (excludes halogenated alkanes) is 1. The maximum Gasteiger partial charge on any atom is 0.242 e. The van der Waals surface area contributed by atoms with E-state index in [9.17, 15) is 14.0 Å². The summed E-state index contributed by atoms with van der Waals surface area (Å²) in [5, 5.41) is 3.26. The summed E-state index contributed by atoms with van der Waals surface area (Å²) < 4.78 is 14.0. The summed E-state index contributed by atoms with van der Waals surface area (Å²) in [5.41, 5.74) is 2.44. The van der Waals surface area contributed by atoms with Crippen molar-refractivity contribution >= 4 is 35.2 Å². The van der Waals surface area contributed by atoms with Crippen molar-refractivity contribution in [3.8, 4) is 0 Å².